The van der Waals surface area contributed by atoms with Crippen LogP contribution in [0.2, 0.25) is 0 Å². The Balaban J connectivity index is 1.60. The van der Waals surface area contributed by atoms with Gasteiger partial charge < -0.3 is 24.2 Å². The van der Waals surface area contributed by atoms with E-state index in [1.165, 1.54) is 10.5 Å². The van der Waals surface area contributed by atoms with E-state index in [0.717, 1.165) is 29.7 Å². The molecule has 7 heteroatoms. The van der Waals surface area contributed by atoms with Crippen LogP contribution in [0.1, 0.15) is 54.5 Å². The fourth-order valence-electron chi connectivity index (χ4n) is 4.63. The van der Waals surface area contributed by atoms with Crippen molar-refractivity contribution in [3.8, 4) is 11.5 Å². The Bertz CT molecular complexity index is 1310. The number of ether oxygens (including phenoxy) is 3. The molecule has 0 spiro atoms. The van der Waals surface area contributed by atoms with E-state index >= 15 is 0 Å². The van der Waals surface area contributed by atoms with Crippen LogP contribution in [0, 0.1) is 6.92 Å². The summed E-state index contributed by atoms with van der Waals surface area (Å²) in [5.74, 6) is -0.208. The summed E-state index contributed by atoms with van der Waals surface area (Å²) in [5, 5.41) is 11.3. The van der Waals surface area contributed by atoms with Crippen molar-refractivity contribution in [2.24, 2.45) is 0 Å². The van der Waals surface area contributed by atoms with E-state index in [1.54, 1.807) is 31.4 Å². The highest BCUT2D eigenvalue weighted by Crippen LogP contribution is 2.40. The van der Waals surface area contributed by atoms with Crippen LogP contribution in [0.3, 0.4) is 0 Å². The number of ketones is 1. The number of hydrogen-bond donors (Lipinski definition) is 1. The number of nitrogens with zero attached hydrogens (tertiary/aromatic N) is 1. The molecule has 0 aromatic heterocycles. The first kappa shape index (κ1) is 28.9. The largest absolute Gasteiger partial charge is 0.507 e. The second-order valence-corrected chi connectivity index (χ2v) is 9.91. The smallest absolute Gasteiger partial charge is 0.295 e. The SMILES string of the molecule is CCCCOc1ccc(C2/C(=C(\O)c3ccc(OCc4ccc(C)cc4)cc3)C(=O)C(=O)N2CCCOC)cc1. The lowest BCUT2D eigenvalue weighted by atomic mass is 9.95. The molecule has 1 atom stereocenters. The van der Waals surface area contributed by atoms with E-state index < -0.39 is 17.7 Å². The fraction of sp³-hybridized carbons (Fsp3) is 0.333. The lowest BCUT2D eigenvalue weighted by molar-refractivity contribution is -0.140. The van der Waals surface area contributed by atoms with Crippen molar-refractivity contribution in [1.82, 2.24) is 4.90 Å². The third-order valence-corrected chi connectivity index (χ3v) is 6.90. The molecule has 0 saturated carbocycles. The number of unbranched alkanes of at least 4 members (excludes halogenated alkanes) is 1. The number of Topliss-reactive ketones (excluding diaryl/α,β-unsaturated/α-hetero) is 1. The maximum absolute atomic E-state index is 13.2. The first-order chi connectivity index (χ1) is 19.4. The van der Waals surface area contributed by atoms with Gasteiger partial charge in [0.25, 0.3) is 11.7 Å². The summed E-state index contributed by atoms with van der Waals surface area (Å²) in [6, 6.07) is 21.6. The average molecular weight is 544 g/mol. The average Bonchev–Trinajstić information content (AvgIpc) is 3.22. The van der Waals surface area contributed by atoms with Crippen LogP contribution < -0.4 is 9.47 Å². The topological polar surface area (TPSA) is 85.3 Å². The Morgan fingerprint density at radius 3 is 2.15 bits per heavy atom. The summed E-state index contributed by atoms with van der Waals surface area (Å²) >= 11 is 0. The predicted molar refractivity (Wildman–Crippen MR) is 154 cm³/mol. The van der Waals surface area contributed by atoms with E-state index in [1.807, 2.05) is 55.5 Å². The molecule has 1 fully saturated rings. The van der Waals surface area contributed by atoms with Crippen molar-refractivity contribution in [3.63, 3.8) is 0 Å². The molecule has 1 aliphatic heterocycles. The third-order valence-electron chi connectivity index (χ3n) is 6.90. The summed E-state index contributed by atoms with van der Waals surface area (Å²) in [5.41, 5.74) is 3.45. The molecule has 4 rings (SSSR count). The Kier molecular flexibility index (Phi) is 9.97. The number of rotatable bonds is 13. The van der Waals surface area contributed by atoms with Crippen LogP contribution >= 0.6 is 0 Å². The molecule has 1 aliphatic rings. The molecule has 0 bridgehead atoms. The van der Waals surface area contributed by atoms with Crippen molar-refractivity contribution < 1.29 is 28.9 Å². The number of carbonyl (C=O) groups is 2. The number of aliphatic hydroxyl groups excluding tert-OH is 1. The molecule has 1 amide bonds. The van der Waals surface area contributed by atoms with E-state index in [2.05, 4.69) is 6.92 Å². The van der Waals surface area contributed by atoms with Gasteiger partial charge in [-0.05, 0) is 67.3 Å². The van der Waals surface area contributed by atoms with Gasteiger partial charge in [0, 0.05) is 25.8 Å². The van der Waals surface area contributed by atoms with Gasteiger partial charge in [-0.1, -0.05) is 55.3 Å². The lowest BCUT2D eigenvalue weighted by Crippen LogP contribution is -2.31. The third kappa shape index (κ3) is 6.90. The normalized spacial score (nSPS) is 16.4. The molecule has 1 N–H and O–H groups in total. The number of carbonyl (C=O) groups excluding carboxylic acids is 2. The van der Waals surface area contributed by atoms with Crippen LogP contribution in [0.4, 0.5) is 0 Å². The zero-order valence-corrected chi connectivity index (χ0v) is 23.4. The molecule has 3 aromatic rings. The Hall–Kier alpha value is -4.10. The number of amides is 1. The summed E-state index contributed by atoms with van der Waals surface area (Å²) in [4.78, 5) is 27.9. The molecule has 0 radical (unpaired) electrons. The van der Waals surface area contributed by atoms with E-state index in [0.29, 0.717) is 44.1 Å². The highest BCUT2D eigenvalue weighted by Gasteiger charge is 2.45. The monoisotopic (exact) mass is 543 g/mol. The van der Waals surface area contributed by atoms with E-state index in [9.17, 15) is 14.7 Å². The lowest BCUT2D eigenvalue weighted by Gasteiger charge is -2.25. The molecule has 40 heavy (non-hydrogen) atoms. The zero-order chi connectivity index (χ0) is 28.5. The summed E-state index contributed by atoms with van der Waals surface area (Å²) < 4.78 is 16.8. The standard InChI is InChI=1S/C33H37NO6/c1-4-5-21-39-27-15-11-25(12-16-27)30-29(32(36)33(37)34(30)19-6-20-38-3)31(35)26-13-17-28(18-14-26)40-22-24-9-7-23(2)8-10-24/h7-18,30,35H,4-6,19-22H2,1-3H3/b31-29+. The van der Waals surface area contributed by atoms with Crippen LogP contribution in [0.5, 0.6) is 11.5 Å². The van der Waals surface area contributed by atoms with E-state index in [4.69, 9.17) is 14.2 Å². The number of aliphatic hydroxyl groups is 1. The van der Waals surface area contributed by atoms with Crippen LogP contribution in [0.25, 0.3) is 5.76 Å². The number of methoxy groups -OCH3 is 1. The van der Waals surface area contributed by atoms with Crippen molar-refractivity contribution >= 4 is 17.4 Å². The predicted octanol–water partition coefficient (Wildman–Crippen LogP) is 6.21. The number of aryl methyl sites for hydroxylation is 1. The molecule has 1 heterocycles. The summed E-state index contributed by atoms with van der Waals surface area (Å²) in [7, 11) is 1.59. The van der Waals surface area contributed by atoms with Crippen molar-refractivity contribution in [3.05, 3.63) is 101 Å². The van der Waals surface area contributed by atoms with E-state index in [-0.39, 0.29) is 11.3 Å². The molecule has 0 aliphatic carbocycles. The van der Waals surface area contributed by atoms with Gasteiger partial charge in [0.1, 0.15) is 23.9 Å². The second kappa shape index (κ2) is 13.8. The first-order valence-electron chi connectivity index (χ1n) is 13.7. The minimum absolute atomic E-state index is 0.0652. The molecular weight excluding hydrogens is 506 g/mol. The van der Waals surface area contributed by atoms with Gasteiger partial charge >= 0.3 is 0 Å². The number of benzene rings is 3. The van der Waals surface area contributed by atoms with Gasteiger partial charge in [-0.2, -0.15) is 0 Å². The Morgan fingerprint density at radius 1 is 0.850 bits per heavy atom. The minimum atomic E-state index is -0.723. The highest BCUT2D eigenvalue weighted by molar-refractivity contribution is 6.46. The molecule has 1 saturated heterocycles. The van der Waals surface area contributed by atoms with Crippen molar-refractivity contribution in [2.75, 3.05) is 26.9 Å². The maximum Gasteiger partial charge on any atom is 0.295 e. The molecular formula is C33H37NO6. The Labute approximate surface area is 236 Å². The van der Waals surface area contributed by atoms with Gasteiger partial charge in [0.15, 0.2) is 0 Å². The number of hydrogen-bond acceptors (Lipinski definition) is 6. The Morgan fingerprint density at radius 2 is 1.50 bits per heavy atom. The zero-order valence-electron chi connectivity index (χ0n) is 23.4. The van der Waals surface area contributed by atoms with Crippen LogP contribution in [-0.4, -0.2) is 48.6 Å². The van der Waals surface area contributed by atoms with Gasteiger partial charge in [-0.3, -0.25) is 9.59 Å². The number of likely N-dealkylation sites (tertiary alicyclic amines) is 1. The highest BCUT2D eigenvalue weighted by atomic mass is 16.5. The quantitative estimate of drug-likeness (QED) is 0.119. The van der Waals surface area contributed by atoms with Gasteiger partial charge in [0.2, 0.25) is 0 Å². The van der Waals surface area contributed by atoms with Crippen molar-refractivity contribution in [2.45, 2.75) is 45.8 Å². The van der Waals surface area contributed by atoms with Gasteiger partial charge in [-0.15, -0.1) is 0 Å². The van der Waals surface area contributed by atoms with Gasteiger partial charge in [-0.25, -0.2) is 0 Å². The van der Waals surface area contributed by atoms with Crippen LogP contribution in [-0.2, 0) is 20.9 Å². The molecule has 210 valence electrons. The fourth-order valence-corrected chi connectivity index (χ4v) is 4.63. The second-order valence-electron chi connectivity index (χ2n) is 9.91. The van der Waals surface area contributed by atoms with Gasteiger partial charge in [0.05, 0.1) is 18.2 Å². The molecule has 7 nitrogen and oxygen atoms in total. The van der Waals surface area contributed by atoms with Crippen molar-refractivity contribution in [1.29, 1.82) is 0 Å². The summed E-state index contributed by atoms with van der Waals surface area (Å²) in [6.07, 6.45) is 2.55. The molecule has 1 unspecified atom stereocenters. The first-order valence-corrected chi connectivity index (χ1v) is 13.7. The minimum Gasteiger partial charge on any atom is -0.507 e. The molecule has 3 aromatic carbocycles. The maximum atomic E-state index is 13.2. The summed E-state index contributed by atoms with van der Waals surface area (Å²) in [6.45, 7) is 5.94. The van der Waals surface area contributed by atoms with Crippen LogP contribution in [0.15, 0.2) is 78.4 Å².